The van der Waals surface area contributed by atoms with Crippen LogP contribution >= 0.6 is 11.8 Å². The lowest BCUT2D eigenvalue weighted by Crippen LogP contribution is -2.30. The van der Waals surface area contributed by atoms with Crippen molar-refractivity contribution in [3.05, 3.63) is 59.9 Å². The van der Waals surface area contributed by atoms with Crippen molar-refractivity contribution in [2.75, 3.05) is 30.0 Å². The first-order valence-electron chi connectivity index (χ1n) is 8.69. The summed E-state index contributed by atoms with van der Waals surface area (Å²) in [5, 5.41) is 0. The third-order valence-corrected chi connectivity index (χ3v) is 4.89. The van der Waals surface area contributed by atoms with E-state index in [1.807, 2.05) is 11.8 Å². The number of anilines is 1. The van der Waals surface area contributed by atoms with Crippen LogP contribution in [0.3, 0.4) is 0 Å². The van der Waals surface area contributed by atoms with E-state index >= 15 is 0 Å². The van der Waals surface area contributed by atoms with Crippen LogP contribution < -0.4 is 9.47 Å². The van der Waals surface area contributed by atoms with Crippen molar-refractivity contribution in [3.63, 3.8) is 0 Å². The zero-order valence-corrected chi connectivity index (χ0v) is 16.1. The van der Waals surface area contributed by atoms with Gasteiger partial charge in [-0.15, -0.1) is 0 Å². The molecule has 0 radical (unpaired) electrons. The third-order valence-electron chi connectivity index (χ3n) is 4.30. The van der Waals surface area contributed by atoms with Crippen LogP contribution in [0.1, 0.15) is 31.9 Å². The van der Waals surface area contributed by atoms with E-state index in [2.05, 4.69) is 91.4 Å². The predicted molar refractivity (Wildman–Crippen MR) is 109 cm³/mol. The maximum Gasteiger partial charge on any atom is 0.169 e. The molecule has 0 spiro atoms. The van der Waals surface area contributed by atoms with Crippen molar-refractivity contribution in [3.8, 4) is 0 Å². The number of aryl methyl sites for hydroxylation is 1. The lowest BCUT2D eigenvalue weighted by atomic mass is 10.1. The van der Waals surface area contributed by atoms with Crippen molar-refractivity contribution in [2.45, 2.75) is 27.3 Å². The van der Waals surface area contributed by atoms with E-state index in [1.54, 1.807) is 0 Å². The second-order valence-corrected chi connectivity index (χ2v) is 6.89. The monoisotopic (exact) mass is 341 g/mol. The maximum atomic E-state index is 2.43. The summed E-state index contributed by atoms with van der Waals surface area (Å²) < 4.78 is 2.18. The molecule has 1 heterocycles. The number of benzene rings is 1. The minimum Gasteiger partial charge on any atom is -0.371 e. The van der Waals surface area contributed by atoms with Gasteiger partial charge >= 0.3 is 0 Å². The van der Waals surface area contributed by atoms with Crippen LogP contribution in [0, 0.1) is 0 Å². The summed E-state index contributed by atoms with van der Waals surface area (Å²) in [5.74, 6) is 1.17. The normalized spacial score (nSPS) is 11.6. The van der Waals surface area contributed by atoms with Gasteiger partial charge in [-0.25, -0.2) is 4.57 Å². The summed E-state index contributed by atoms with van der Waals surface area (Å²) in [6.45, 7) is 9.72. The van der Waals surface area contributed by atoms with Crippen molar-refractivity contribution < 1.29 is 4.57 Å². The average Bonchev–Trinajstić information content (AvgIpc) is 2.63. The highest BCUT2D eigenvalue weighted by atomic mass is 32.2. The van der Waals surface area contributed by atoms with Crippen LogP contribution in [0.25, 0.3) is 11.6 Å². The Bertz CT molecular complexity index is 645. The molecule has 0 saturated carbocycles. The first kappa shape index (κ1) is 18.6. The van der Waals surface area contributed by atoms with Crippen LogP contribution in [-0.4, -0.2) is 25.1 Å². The Hall–Kier alpha value is -1.74. The Morgan fingerprint density at radius 2 is 1.75 bits per heavy atom. The van der Waals surface area contributed by atoms with Crippen molar-refractivity contribution in [2.24, 2.45) is 0 Å². The van der Waals surface area contributed by atoms with E-state index in [0.717, 1.165) is 19.6 Å². The number of hydrogen-bond donors (Lipinski definition) is 0. The predicted octanol–water partition coefficient (Wildman–Crippen LogP) is 4.74. The molecule has 0 aliphatic heterocycles. The highest BCUT2D eigenvalue weighted by molar-refractivity contribution is 7.98. The van der Waals surface area contributed by atoms with Gasteiger partial charge in [0.25, 0.3) is 0 Å². The molecule has 0 fully saturated rings. The molecule has 0 unspecified atom stereocenters. The number of aromatic nitrogens is 1. The average molecular weight is 342 g/mol. The lowest BCUT2D eigenvalue weighted by molar-refractivity contribution is -0.693. The largest absolute Gasteiger partial charge is 0.371 e. The van der Waals surface area contributed by atoms with E-state index in [0.29, 0.717) is 0 Å². The zero-order chi connectivity index (χ0) is 17.4. The molecule has 24 heavy (non-hydrogen) atoms. The molecule has 0 amide bonds. The summed E-state index contributed by atoms with van der Waals surface area (Å²) in [4.78, 5) is 2.43. The quantitative estimate of drug-likeness (QED) is 0.640. The Morgan fingerprint density at radius 1 is 1.08 bits per heavy atom. The van der Waals surface area contributed by atoms with E-state index in [1.165, 1.54) is 28.1 Å². The topological polar surface area (TPSA) is 7.12 Å². The fourth-order valence-electron chi connectivity index (χ4n) is 2.72. The Morgan fingerprint density at radius 3 is 2.29 bits per heavy atom. The zero-order valence-electron chi connectivity index (χ0n) is 15.3. The minimum absolute atomic E-state index is 1.01. The van der Waals surface area contributed by atoms with Crippen LogP contribution in [0.15, 0.2) is 48.8 Å². The molecule has 2 nitrogen and oxygen atoms in total. The third kappa shape index (κ3) is 5.13. The van der Waals surface area contributed by atoms with Gasteiger partial charge in [-0.1, -0.05) is 18.2 Å². The van der Waals surface area contributed by atoms with Crippen LogP contribution in [0.5, 0.6) is 0 Å². The van der Waals surface area contributed by atoms with E-state index in [4.69, 9.17) is 0 Å². The van der Waals surface area contributed by atoms with Gasteiger partial charge in [0.1, 0.15) is 6.54 Å². The van der Waals surface area contributed by atoms with E-state index < -0.39 is 0 Å². The summed E-state index contributed by atoms with van der Waals surface area (Å²) in [6.07, 6.45) is 8.70. The van der Waals surface area contributed by atoms with Crippen molar-refractivity contribution in [1.29, 1.82) is 0 Å². The highest BCUT2D eigenvalue weighted by Crippen LogP contribution is 2.20. The van der Waals surface area contributed by atoms with Crippen molar-refractivity contribution in [1.82, 2.24) is 0 Å². The molecule has 1 aromatic heterocycles. The minimum atomic E-state index is 1.01. The van der Waals surface area contributed by atoms with Crippen molar-refractivity contribution >= 4 is 29.1 Å². The SMILES string of the molecule is CCN(CCSC)c1ccc(C=C(C)c2cc[n+](CC)cc2)cc1. The molecule has 2 rings (SSSR count). The Balaban J connectivity index is 2.11. The van der Waals surface area contributed by atoms with Gasteiger partial charge in [-0.05, 0) is 55.9 Å². The molecule has 1 aromatic carbocycles. The molecular weight excluding hydrogens is 312 g/mol. The van der Waals surface area contributed by atoms with Gasteiger partial charge in [0, 0.05) is 36.7 Å². The molecule has 2 aromatic rings. The molecule has 0 aliphatic rings. The first-order valence-corrected chi connectivity index (χ1v) is 10.1. The highest BCUT2D eigenvalue weighted by Gasteiger charge is 2.04. The summed E-state index contributed by atoms with van der Waals surface area (Å²) in [5.41, 5.74) is 5.13. The molecule has 128 valence electrons. The smallest absolute Gasteiger partial charge is 0.169 e. The van der Waals surface area contributed by atoms with Crippen LogP contribution in [0.2, 0.25) is 0 Å². The molecule has 0 saturated heterocycles. The molecule has 3 heteroatoms. The number of rotatable bonds is 8. The Labute approximate surface area is 151 Å². The molecule has 0 aliphatic carbocycles. The van der Waals surface area contributed by atoms with E-state index in [-0.39, 0.29) is 0 Å². The molecule has 0 atom stereocenters. The fraction of sp³-hybridized carbons (Fsp3) is 0.381. The first-order chi connectivity index (χ1) is 11.7. The Kier molecular flexibility index (Phi) is 7.38. The second kappa shape index (κ2) is 9.53. The standard InChI is InChI=1S/C21H29N2S/c1-5-22-13-11-20(12-14-22)18(3)17-19-7-9-21(10-8-19)23(6-2)15-16-24-4/h7-14,17H,5-6,15-16H2,1-4H3/q+1. The van der Waals surface area contributed by atoms with E-state index in [9.17, 15) is 0 Å². The van der Waals surface area contributed by atoms with Crippen LogP contribution in [-0.2, 0) is 6.54 Å². The van der Waals surface area contributed by atoms with Gasteiger partial charge < -0.3 is 4.90 Å². The van der Waals surface area contributed by atoms with Gasteiger partial charge in [0.2, 0.25) is 0 Å². The number of nitrogens with zero attached hydrogens (tertiary/aromatic N) is 2. The van der Waals surface area contributed by atoms with Gasteiger partial charge in [-0.3, -0.25) is 0 Å². The number of hydrogen-bond acceptors (Lipinski definition) is 2. The molecular formula is C21H29N2S+. The second-order valence-electron chi connectivity index (χ2n) is 5.91. The number of pyridine rings is 1. The van der Waals surface area contributed by atoms with Crippen LogP contribution in [0.4, 0.5) is 5.69 Å². The summed E-state index contributed by atoms with van der Waals surface area (Å²) in [6, 6.07) is 13.3. The summed E-state index contributed by atoms with van der Waals surface area (Å²) in [7, 11) is 0. The fourth-order valence-corrected chi connectivity index (χ4v) is 3.12. The lowest BCUT2D eigenvalue weighted by Gasteiger charge is -2.22. The molecule has 0 bridgehead atoms. The maximum absolute atomic E-state index is 2.43. The number of allylic oxidation sites excluding steroid dienone is 1. The van der Waals surface area contributed by atoms with Gasteiger partial charge in [0.05, 0.1) is 0 Å². The van der Waals surface area contributed by atoms with Gasteiger partial charge in [-0.2, -0.15) is 11.8 Å². The molecule has 0 N–H and O–H groups in total. The van der Waals surface area contributed by atoms with Gasteiger partial charge in [0.15, 0.2) is 12.4 Å². The summed E-state index contributed by atoms with van der Waals surface area (Å²) >= 11 is 1.90. The number of thioether (sulfide) groups is 1.